The monoisotopic (exact) mass is 343 g/mol. The molecule has 1 heterocycles. The summed E-state index contributed by atoms with van der Waals surface area (Å²) in [4.78, 5) is 0. The van der Waals surface area contributed by atoms with E-state index in [0.717, 1.165) is 6.54 Å². The molecular weight excluding hydrogens is 329 g/mol. The molecule has 0 saturated carbocycles. The van der Waals surface area contributed by atoms with Crippen LogP contribution in [0, 0.1) is 2.88 Å². The van der Waals surface area contributed by atoms with Crippen LogP contribution in [0.5, 0.6) is 0 Å². The third kappa shape index (κ3) is 2.84. The third-order valence-electron chi connectivity index (χ3n) is 2.46. The first-order valence-electron chi connectivity index (χ1n) is 5.33. The van der Waals surface area contributed by atoms with E-state index in [4.69, 9.17) is 0 Å². The smallest absolute Gasteiger partial charge is 0.0656 e. The minimum atomic E-state index is 0.325. The first kappa shape index (κ1) is 12.1. The van der Waals surface area contributed by atoms with Crippen molar-refractivity contribution in [1.29, 1.82) is 0 Å². The van der Waals surface area contributed by atoms with E-state index in [1.807, 2.05) is 0 Å². The summed E-state index contributed by atoms with van der Waals surface area (Å²) in [5, 5.41) is 5.77. The summed E-state index contributed by atoms with van der Waals surface area (Å²) in [6.07, 6.45) is 0. The number of thiophene rings is 1. The van der Waals surface area contributed by atoms with Crippen molar-refractivity contribution in [1.82, 2.24) is 5.32 Å². The zero-order chi connectivity index (χ0) is 11.4. The molecule has 1 aromatic heterocycles. The van der Waals surface area contributed by atoms with Gasteiger partial charge in [0.1, 0.15) is 0 Å². The Bertz CT molecular complexity index is 438. The predicted octanol–water partition coefficient (Wildman–Crippen LogP) is 4.05. The maximum Gasteiger partial charge on any atom is 0.0656 e. The number of hydrogen-bond acceptors (Lipinski definition) is 2. The third-order valence-corrected chi connectivity index (χ3v) is 4.27. The van der Waals surface area contributed by atoms with Crippen LogP contribution in [-0.4, -0.2) is 6.54 Å². The van der Waals surface area contributed by atoms with Gasteiger partial charge in [0, 0.05) is 0 Å². The molecule has 1 nitrogen and oxygen atoms in total. The van der Waals surface area contributed by atoms with E-state index in [1.54, 1.807) is 11.3 Å². The predicted molar refractivity (Wildman–Crippen MR) is 79.0 cm³/mol. The summed E-state index contributed by atoms with van der Waals surface area (Å²) >= 11 is 4.17. The van der Waals surface area contributed by atoms with Crippen molar-refractivity contribution in [3.63, 3.8) is 0 Å². The Morgan fingerprint density at radius 2 is 2.00 bits per heavy atom. The van der Waals surface area contributed by atoms with Crippen LogP contribution in [0.1, 0.15) is 24.1 Å². The van der Waals surface area contributed by atoms with Gasteiger partial charge in [0.05, 0.1) is 8.93 Å². The number of benzene rings is 1. The highest BCUT2D eigenvalue weighted by molar-refractivity contribution is 14.1. The molecule has 0 spiro atoms. The fraction of sp³-hybridized carbons (Fsp3) is 0.231. The first-order valence-corrected chi connectivity index (χ1v) is 7.29. The molecule has 1 aromatic carbocycles. The van der Waals surface area contributed by atoms with Crippen LogP contribution < -0.4 is 5.32 Å². The average molecular weight is 343 g/mol. The maximum absolute atomic E-state index is 3.53. The van der Waals surface area contributed by atoms with E-state index in [1.165, 1.54) is 14.0 Å². The van der Waals surface area contributed by atoms with Gasteiger partial charge in [0.15, 0.2) is 0 Å². The van der Waals surface area contributed by atoms with Crippen molar-refractivity contribution in [3.05, 3.63) is 55.8 Å². The number of rotatable bonds is 4. The maximum atomic E-state index is 3.53. The van der Waals surface area contributed by atoms with Crippen LogP contribution in [-0.2, 0) is 0 Å². The van der Waals surface area contributed by atoms with Crippen molar-refractivity contribution >= 4 is 33.9 Å². The molecule has 0 bridgehead atoms. The number of hydrogen-bond donors (Lipinski definition) is 1. The van der Waals surface area contributed by atoms with Crippen LogP contribution in [0.25, 0.3) is 0 Å². The Labute approximate surface area is 114 Å². The zero-order valence-corrected chi connectivity index (χ0v) is 12.1. The molecule has 16 heavy (non-hydrogen) atoms. The van der Waals surface area contributed by atoms with Crippen LogP contribution in [0.3, 0.4) is 0 Å². The Morgan fingerprint density at radius 1 is 1.25 bits per heavy atom. The van der Waals surface area contributed by atoms with Gasteiger partial charge < -0.3 is 5.32 Å². The molecule has 0 aliphatic rings. The van der Waals surface area contributed by atoms with Crippen molar-refractivity contribution < 1.29 is 0 Å². The highest BCUT2D eigenvalue weighted by Crippen LogP contribution is 2.27. The van der Waals surface area contributed by atoms with Gasteiger partial charge in [-0.05, 0) is 51.7 Å². The molecule has 1 N–H and O–H groups in total. The molecule has 0 fully saturated rings. The Kier molecular flexibility index (Phi) is 4.37. The fourth-order valence-corrected chi connectivity index (χ4v) is 3.15. The Morgan fingerprint density at radius 3 is 2.56 bits per heavy atom. The lowest BCUT2D eigenvalue weighted by Crippen LogP contribution is -2.21. The van der Waals surface area contributed by atoms with E-state index in [9.17, 15) is 0 Å². The van der Waals surface area contributed by atoms with Crippen molar-refractivity contribution in [3.8, 4) is 0 Å². The van der Waals surface area contributed by atoms with Gasteiger partial charge in [-0.3, -0.25) is 0 Å². The van der Waals surface area contributed by atoms with E-state index in [2.05, 4.69) is 76.6 Å². The van der Waals surface area contributed by atoms with Gasteiger partial charge in [0.25, 0.3) is 0 Å². The molecular formula is C13H14INS. The molecule has 1 unspecified atom stereocenters. The Balaban J connectivity index is 2.31. The minimum Gasteiger partial charge on any atom is -0.307 e. The van der Waals surface area contributed by atoms with Crippen LogP contribution in [0.15, 0.2) is 41.8 Å². The summed E-state index contributed by atoms with van der Waals surface area (Å²) in [6, 6.07) is 13.2. The highest BCUT2D eigenvalue weighted by Gasteiger charge is 2.13. The van der Waals surface area contributed by atoms with Gasteiger partial charge in [-0.25, -0.2) is 0 Å². The van der Waals surface area contributed by atoms with Gasteiger partial charge in [0.2, 0.25) is 0 Å². The Hall–Kier alpha value is -0.390. The molecule has 2 rings (SSSR count). The normalized spacial score (nSPS) is 12.6. The summed E-state index contributed by atoms with van der Waals surface area (Å²) in [6.45, 7) is 3.12. The number of nitrogens with one attached hydrogen (secondary N) is 1. The average Bonchev–Trinajstić information content (AvgIpc) is 2.74. The van der Waals surface area contributed by atoms with Crippen molar-refractivity contribution in [2.45, 2.75) is 13.0 Å². The van der Waals surface area contributed by atoms with Gasteiger partial charge in [-0.1, -0.05) is 37.3 Å². The molecule has 1 atom stereocenters. The largest absolute Gasteiger partial charge is 0.307 e. The van der Waals surface area contributed by atoms with Gasteiger partial charge in [-0.2, -0.15) is 0 Å². The molecule has 0 saturated heterocycles. The molecule has 2 aromatic rings. The van der Waals surface area contributed by atoms with Gasteiger partial charge >= 0.3 is 0 Å². The quantitative estimate of drug-likeness (QED) is 0.826. The molecule has 0 radical (unpaired) electrons. The summed E-state index contributed by atoms with van der Waals surface area (Å²) in [7, 11) is 0. The van der Waals surface area contributed by atoms with Gasteiger partial charge in [-0.15, -0.1) is 11.3 Å². The second-order valence-electron chi connectivity index (χ2n) is 3.59. The summed E-state index contributed by atoms with van der Waals surface area (Å²) < 4.78 is 1.34. The minimum absolute atomic E-state index is 0.325. The summed E-state index contributed by atoms with van der Waals surface area (Å²) in [5.41, 5.74) is 2.70. The van der Waals surface area contributed by atoms with E-state index < -0.39 is 0 Å². The topological polar surface area (TPSA) is 12.0 Å². The number of halogens is 1. The fourth-order valence-electron chi connectivity index (χ4n) is 1.75. The highest BCUT2D eigenvalue weighted by atomic mass is 127. The second-order valence-corrected chi connectivity index (χ2v) is 6.39. The lowest BCUT2D eigenvalue weighted by molar-refractivity contribution is 0.632. The molecule has 0 aliphatic heterocycles. The summed E-state index contributed by atoms with van der Waals surface area (Å²) in [5.74, 6) is 0. The van der Waals surface area contributed by atoms with E-state index in [0.29, 0.717) is 6.04 Å². The SMILES string of the molecule is CCNC(c1ccccc1)c1csc(I)c1. The lowest BCUT2D eigenvalue weighted by atomic mass is 10.0. The first-order chi connectivity index (χ1) is 7.81. The molecule has 0 amide bonds. The van der Waals surface area contributed by atoms with E-state index in [-0.39, 0.29) is 0 Å². The van der Waals surface area contributed by atoms with Crippen LogP contribution in [0.2, 0.25) is 0 Å². The van der Waals surface area contributed by atoms with Crippen molar-refractivity contribution in [2.75, 3.05) is 6.54 Å². The second kappa shape index (κ2) is 5.80. The standard InChI is InChI=1S/C13H14INS/c1-2-15-13(10-6-4-3-5-7-10)11-8-12(14)16-9-11/h3-9,13,15H,2H2,1H3. The molecule has 84 valence electrons. The van der Waals surface area contributed by atoms with Crippen molar-refractivity contribution in [2.24, 2.45) is 0 Å². The molecule has 3 heteroatoms. The zero-order valence-electron chi connectivity index (χ0n) is 9.11. The van der Waals surface area contributed by atoms with Crippen LogP contribution >= 0.6 is 33.9 Å². The van der Waals surface area contributed by atoms with Crippen LogP contribution in [0.4, 0.5) is 0 Å². The lowest BCUT2D eigenvalue weighted by Gasteiger charge is -2.17. The molecule has 0 aliphatic carbocycles. The van der Waals surface area contributed by atoms with E-state index >= 15 is 0 Å².